The van der Waals surface area contributed by atoms with Gasteiger partial charge in [-0.15, -0.1) is 0 Å². The van der Waals surface area contributed by atoms with E-state index in [1.54, 1.807) is 4.90 Å². The summed E-state index contributed by atoms with van der Waals surface area (Å²) < 4.78 is 12.9. The Kier molecular flexibility index (Phi) is 4.84. The first kappa shape index (κ1) is 16.5. The van der Waals surface area contributed by atoms with Gasteiger partial charge in [-0.2, -0.15) is 0 Å². The Morgan fingerprint density at radius 1 is 1.23 bits per heavy atom. The Morgan fingerprint density at radius 3 is 2.45 bits per heavy atom. The molecular formula is C17H23FN2O2. The molecule has 0 radical (unpaired) electrons. The minimum atomic E-state index is -0.363. The Balaban J connectivity index is 2.02. The Morgan fingerprint density at radius 2 is 1.86 bits per heavy atom. The molecule has 0 aromatic heterocycles. The first-order valence-corrected chi connectivity index (χ1v) is 7.63. The molecule has 0 spiro atoms. The highest BCUT2D eigenvalue weighted by Gasteiger charge is 2.30. The van der Waals surface area contributed by atoms with Crippen LogP contribution in [0.1, 0.15) is 44.0 Å². The van der Waals surface area contributed by atoms with Crippen molar-refractivity contribution < 1.29 is 14.0 Å². The maximum Gasteiger partial charge on any atom is 0.253 e. The zero-order valence-electron chi connectivity index (χ0n) is 13.4. The van der Waals surface area contributed by atoms with Crippen molar-refractivity contribution in [2.45, 2.75) is 39.2 Å². The number of hydrogen-bond acceptors (Lipinski definition) is 2. The number of nitrogens with one attached hydrogen (secondary N) is 1. The van der Waals surface area contributed by atoms with Gasteiger partial charge < -0.3 is 10.2 Å². The van der Waals surface area contributed by atoms with Gasteiger partial charge in [0.2, 0.25) is 5.91 Å². The number of carbonyl (C=O) groups is 2. The number of nitrogens with zero attached hydrogens (tertiary/aromatic N) is 1. The highest BCUT2D eigenvalue weighted by atomic mass is 19.1. The summed E-state index contributed by atoms with van der Waals surface area (Å²) in [7, 11) is 0. The summed E-state index contributed by atoms with van der Waals surface area (Å²) in [6.07, 6.45) is 1.59. The van der Waals surface area contributed by atoms with Gasteiger partial charge in [0.25, 0.3) is 5.91 Å². The predicted molar refractivity (Wildman–Crippen MR) is 82.9 cm³/mol. The molecule has 4 nitrogen and oxygen atoms in total. The molecule has 5 heteroatoms. The van der Waals surface area contributed by atoms with E-state index in [4.69, 9.17) is 0 Å². The molecular weight excluding hydrogens is 283 g/mol. The average Bonchev–Trinajstić information content (AvgIpc) is 2.46. The van der Waals surface area contributed by atoms with Crippen molar-refractivity contribution in [3.63, 3.8) is 0 Å². The van der Waals surface area contributed by atoms with Crippen LogP contribution >= 0.6 is 0 Å². The second-order valence-corrected chi connectivity index (χ2v) is 6.84. The van der Waals surface area contributed by atoms with Gasteiger partial charge in [0, 0.05) is 24.2 Å². The fourth-order valence-electron chi connectivity index (χ4n) is 2.62. The monoisotopic (exact) mass is 306 g/mol. The van der Waals surface area contributed by atoms with E-state index in [1.807, 2.05) is 20.8 Å². The molecule has 1 atom stereocenters. The topological polar surface area (TPSA) is 49.4 Å². The summed E-state index contributed by atoms with van der Waals surface area (Å²) in [4.78, 5) is 26.4. The van der Waals surface area contributed by atoms with Crippen molar-refractivity contribution in [2.75, 3.05) is 13.1 Å². The van der Waals surface area contributed by atoms with Crippen LogP contribution in [0.3, 0.4) is 0 Å². The highest BCUT2D eigenvalue weighted by molar-refractivity contribution is 5.94. The van der Waals surface area contributed by atoms with E-state index in [9.17, 15) is 14.0 Å². The van der Waals surface area contributed by atoms with Gasteiger partial charge in [0.1, 0.15) is 5.82 Å². The minimum absolute atomic E-state index is 0.0101. The van der Waals surface area contributed by atoms with Gasteiger partial charge in [-0.25, -0.2) is 4.39 Å². The van der Waals surface area contributed by atoms with Crippen molar-refractivity contribution in [1.29, 1.82) is 0 Å². The van der Waals surface area contributed by atoms with Crippen LogP contribution in [-0.4, -0.2) is 35.3 Å². The molecule has 1 aliphatic rings. The van der Waals surface area contributed by atoms with E-state index in [-0.39, 0.29) is 29.1 Å². The number of amides is 2. The Labute approximate surface area is 130 Å². The van der Waals surface area contributed by atoms with E-state index >= 15 is 0 Å². The number of rotatable bonds is 2. The smallest absolute Gasteiger partial charge is 0.253 e. The number of piperidine rings is 1. The van der Waals surface area contributed by atoms with Crippen molar-refractivity contribution in [3.8, 4) is 0 Å². The lowest BCUT2D eigenvalue weighted by atomic mass is 9.95. The third-order valence-corrected chi connectivity index (χ3v) is 3.67. The number of likely N-dealkylation sites (tertiary alicyclic amines) is 1. The van der Waals surface area contributed by atoms with Gasteiger partial charge in [-0.05, 0) is 57.9 Å². The summed E-state index contributed by atoms with van der Waals surface area (Å²) in [5.41, 5.74) is 0.179. The summed E-state index contributed by atoms with van der Waals surface area (Å²) in [6.45, 7) is 6.87. The zero-order chi connectivity index (χ0) is 16.3. The van der Waals surface area contributed by atoms with Gasteiger partial charge >= 0.3 is 0 Å². The van der Waals surface area contributed by atoms with E-state index in [2.05, 4.69) is 5.32 Å². The van der Waals surface area contributed by atoms with Crippen LogP contribution in [0.2, 0.25) is 0 Å². The quantitative estimate of drug-likeness (QED) is 0.913. The molecule has 1 heterocycles. The largest absolute Gasteiger partial charge is 0.351 e. The second kappa shape index (κ2) is 6.46. The molecule has 1 aliphatic heterocycles. The lowest BCUT2D eigenvalue weighted by Gasteiger charge is -2.33. The van der Waals surface area contributed by atoms with Crippen LogP contribution in [0.25, 0.3) is 0 Å². The molecule has 120 valence electrons. The molecule has 22 heavy (non-hydrogen) atoms. The molecule has 1 fully saturated rings. The third kappa shape index (κ3) is 4.29. The maximum absolute atomic E-state index is 12.9. The zero-order valence-corrected chi connectivity index (χ0v) is 13.4. The highest BCUT2D eigenvalue weighted by Crippen LogP contribution is 2.20. The number of hydrogen-bond donors (Lipinski definition) is 1. The summed E-state index contributed by atoms with van der Waals surface area (Å²) in [5, 5.41) is 2.97. The fraction of sp³-hybridized carbons (Fsp3) is 0.529. The van der Waals surface area contributed by atoms with Crippen molar-refractivity contribution in [1.82, 2.24) is 10.2 Å². The Hall–Kier alpha value is -1.91. The summed E-state index contributed by atoms with van der Waals surface area (Å²) in [5.74, 6) is -0.702. The van der Waals surface area contributed by atoms with Gasteiger partial charge in [-0.1, -0.05) is 0 Å². The molecule has 0 saturated carbocycles. The van der Waals surface area contributed by atoms with Gasteiger partial charge in [-0.3, -0.25) is 9.59 Å². The first-order valence-electron chi connectivity index (χ1n) is 7.63. The molecule has 0 unspecified atom stereocenters. The molecule has 0 bridgehead atoms. The minimum Gasteiger partial charge on any atom is -0.351 e. The van der Waals surface area contributed by atoms with E-state index in [1.165, 1.54) is 24.3 Å². The average molecular weight is 306 g/mol. The predicted octanol–water partition coefficient (Wildman–Crippen LogP) is 2.59. The summed E-state index contributed by atoms with van der Waals surface area (Å²) in [6, 6.07) is 5.52. The van der Waals surface area contributed by atoms with Crippen molar-refractivity contribution >= 4 is 11.8 Å². The van der Waals surface area contributed by atoms with Crippen LogP contribution in [0.4, 0.5) is 4.39 Å². The molecule has 1 aromatic carbocycles. The fourth-order valence-corrected chi connectivity index (χ4v) is 2.62. The third-order valence-electron chi connectivity index (χ3n) is 3.67. The second-order valence-electron chi connectivity index (χ2n) is 6.84. The van der Waals surface area contributed by atoms with Crippen LogP contribution in [0.5, 0.6) is 0 Å². The Bertz CT molecular complexity index is 549. The van der Waals surface area contributed by atoms with Crippen LogP contribution in [0.15, 0.2) is 24.3 Å². The van der Waals surface area contributed by atoms with E-state index in [0.29, 0.717) is 18.7 Å². The molecule has 2 amide bonds. The molecule has 1 saturated heterocycles. The van der Waals surface area contributed by atoms with Crippen molar-refractivity contribution in [2.24, 2.45) is 5.92 Å². The van der Waals surface area contributed by atoms with Gasteiger partial charge in [0.15, 0.2) is 0 Å². The number of benzene rings is 1. The van der Waals surface area contributed by atoms with E-state index < -0.39 is 0 Å². The normalized spacial score (nSPS) is 18.9. The lowest BCUT2D eigenvalue weighted by molar-refractivity contribution is -0.127. The number of carbonyl (C=O) groups excluding carboxylic acids is 2. The van der Waals surface area contributed by atoms with Crippen molar-refractivity contribution in [3.05, 3.63) is 35.6 Å². The standard InChI is InChI=1S/C17H23FN2O2/c1-17(2,3)19-15(21)13-5-4-10-20(11-13)16(22)12-6-8-14(18)9-7-12/h6-9,13H,4-5,10-11H2,1-3H3,(H,19,21)/t13-/m0/s1. The van der Waals surface area contributed by atoms with E-state index in [0.717, 1.165) is 12.8 Å². The first-order chi connectivity index (χ1) is 10.3. The molecule has 0 aliphatic carbocycles. The van der Waals surface area contributed by atoms with Crippen LogP contribution < -0.4 is 5.32 Å². The SMILES string of the molecule is CC(C)(C)NC(=O)[C@H]1CCCN(C(=O)c2ccc(F)cc2)C1. The molecule has 2 rings (SSSR count). The molecule has 1 N–H and O–H groups in total. The maximum atomic E-state index is 12.9. The van der Waals surface area contributed by atoms with Crippen LogP contribution in [-0.2, 0) is 4.79 Å². The van der Waals surface area contributed by atoms with Crippen LogP contribution in [0, 0.1) is 11.7 Å². The number of halogens is 1. The molecule has 1 aromatic rings. The van der Waals surface area contributed by atoms with Gasteiger partial charge in [0.05, 0.1) is 5.92 Å². The summed E-state index contributed by atoms with van der Waals surface area (Å²) >= 11 is 0. The lowest BCUT2D eigenvalue weighted by Crippen LogP contribution is -2.49.